The number of carbonyl (C=O) groups excluding carboxylic acids is 2. The second-order valence-electron chi connectivity index (χ2n) is 7.78. The molecule has 3 rings (SSSR count). The Bertz CT molecular complexity index is 888. The van der Waals surface area contributed by atoms with Gasteiger partial charge >= 0.3 is 0 Å². The first kappa shape index (κ1) is 23.6. The fourth-order valence-corrected chi connectivity index (χ4v) is 4.68. The van der Waals surface area contributed by atoms with Crippen LogP contribution in [0.25, 0.3) is 0 Å². The molecule has 1 aliphatic carbocycles. The predicted octanol–water partition coefficient (Wildman–Crippen LogP) is 5.35. The molecule has 1 N–H and O–H groups in total. The smallest absolute Gasteiger partial charge is 0.261 e. The number of nitrogens with zero attached hydrogens (tertiary/aromatic N) is 1. The van der Waals surface area contributed by atoms with Crippen LogP contribution in [0.3, 0.4) is 0 Å². The average molecular weight is 508 g/mol. The SMILES string of the molecule is CC[C@@H](C(=O)NC1CCCC1)N(Cc1ccccc1)C(=O)COc1ccc(Cl)cc1Br. The molecular weight excluding hydrogens is 480 g/mol. The third kappa shape index (κ3) is 6.71. The van der Waals surface area contributed by atoms with Crippen molar-refractivity contribution in [2.24, 2.45) is 0 Å². The van der Waals surface area contributed by atoms with E-state index in [1.165, 1.54) is 0 Å². The Hall–Kier alpha value is -2.05. The molecule has 1 fully saturated rings. The van der Waals surface area contributed by atoms with Gasteiger partial charge in [-0.15, -0.1) is 0 Å². The van der Waals surface area contributed by atoms with Gasteiger partial charge in [-0.25, -0.2) is 0 Å². The highest BCUT2D eigenvalue weighted by Gasteiger charge is 2.30. The second kappa shape index (κ2) is 11.5. The summed E-state index contributed by atoms with van der Waals surface area (Å²) in [4.78, 5) is 27.9. The maximum absolute atomic E-state index is 13.2. The van der Waals surface area contributed by atoms with Crippen LogP contribution in [0, 0.1) is 0 Å². The van der Waals surface area contributed by atoms with Crippen molar-refractivity contribution in [2.45, 2.75) is 57.7 Å². The van der Waals surface area contributed by atoms with E-state index in [9.17, 15) is 9.59 Å². The van der Waals surface area contributed by atoms with E-state index in [-0.39, 0.29) is 24.5 Å². The number of nitrogens with one attached hydrogen (secondary N) is 1. The number of benzene rings is 2. The molecule has 0 bridgehead atoms. The molecule has 0 radical (unpaired) electrons. The Morgan fingerprint density at radius 1 is 1.19 bits per heavy atom. The molecule has 2 amide bonds. The summed E-state index contributed by atoms with van der Waals surface area (Å²) in [5, 5.41) is 3.72. The van der Waals surface area contributed by atoms with Crippen molar-refractivity contribution in [1.29, 1.82) is 0 Å². The predicted molar refractivity (Wildman–Crippen MR) is 126 cm³/mol. The molecule has 0 unspecified atom stereocenters. The highest BCUT2D eigenvalue weighted by molar-refractivity contribution is 9.10. The molecule has 31 heavy (non-hydrogen) atoms. The highest BCUT2D eigenvalue weighted by atomic mass is 79.9. The summed E-state index contributed by atoms with van der Waals surface area (Å²) in [5.41, 5.74) is 0.968. The van der Waals surface area contributed by atoms with E-state index < -0.39 is 6.04 Å². The number of amides is 2. The second-order valence-corrected chi connectivity index (χ2v) is 9.08. The summed E-state index contributed by atoms with van der Waals surface area (Å²) < 4.78 is 6.43. The number of hydrogen-bond donors (Lipinski definition) is 1. The number of carbonyl (C=O) groups is 2. The first-order chi connectivity index (χ1) is 15.0. The lowest BCUT2D eigenvalue weighted by molar-refractivity contribution is -0.143. The van der Waals surface area contributed by atoms with Gasteiger partial charge in [-0.1, -0.05) is 61.7 Å². The van der Waals surface area contributed by atoms with E-state index in [4.69, 9.17) is 16.3 Å². The molecule has 166 valence electrons. The van der Waals surface area contributed by atoms with Crippen LogP contribution in [0.2, 0.25) is 5.02 Å². The quantitative estimate of drug-likeness (QED) is 0.498. The fourth-order valence-electron chi connectivity index (χ4n) is 3.88. The van der Waals surface area contributed by atoms with Crippen LogP contribution in [-0.4, -0.2) is 35.4 Å². The lowest BCUT2D eigenvalue weighted by Gasteiger charge is -2.31. The van der Waals surface area contributed by atoms with Crippen LogP contribution in [0.5, 0.6) is 5.75 Å². The molecule has 0 heterocycles. The van der Waals surface area contributed by atoms with Gasteiger partial charge in [0, 0.05) is 17.6 Å². The van der Waals surface area contributed by atoms with Crippen molar-refractivity contribution in [3.05, 3.63) is 63.6 Å². The van der Waals surface area contributed by atoms with Gasteiger partial charge in [0.1, 0.15) is 11.8 Å². The van der Waals surface area contributed by atoms with Crippen molar-refractivity contribution in [3.8, 4) is 5.75 Å². The van der Waals surface area contributed by atoms with Crippen LogP contribution in [0.15, 0.2) is 53.0 Å². The van der Waals surface area contributed by atoms with E-state index in [2.05, 4.69) is 21.2 Å². The van der Waals surface area contributed by atoms with E-state index >= 15 is 0 Å². The molecule has 2 aromatic carbocycles. The molecule has 0 aliphatic heterocycles. The van der Waals surface area contributed by atoms with Crippen molar-refractivity contribution >= 4 is 39.3 Å². The van der Waals surface area contributed by atoms with Gasteiger partial charge in [0.2, 0.25) is 5.91 Å². The number of hydrogen-bond acceptors (Lipinski definition) is 3. The normalized spacial score (nSPS) is 14.8. The van der Waals surface area contributed by atoms with Crippen LogP contribution in [-0.2, 0) is 16.1 Å². The minimum atomic E-state index is -0.550. The number of halogens is 2. The molecule has 0 saturated heterocycles. The lowest BCUT2D eigenvalue weighted by atomic mass is 10.1. The lowest BCUT2D eigenvalue weighted by Crippen LogP contribution is -2.52. The zero-order chi connectivity index (χ0) is 22.2. The molecule has 2 aromatic rings. The van der Waals surface area contributed by atoms with Gasteiger partial charge in [0.05, 0.1) is 4.47 Å². The largest absolute Gasteiger partial charge is 0.483 e. The maximum atomic E-state index is 13.2. The Labute approximate surface area is 197 Å². The van der Waals surface area contributed by atoms with Gasteiger partial charge in [-0.2, -0.15) is 0 Å². The summed E-state index contributed by atoms with van der Waals surface area (Å²) in [5.74, 6) is 0.200. The zero-order valence-electron chi connectivity index (χ0n) is 17.7. The van der Waals surface area contributed by atoms with Crippen molar-refractivity contribution in [3.63, 3.8) is 0 Å². The summed E-state index contributed by atoms with van der Waals surface area (Å²) in [6, 6.07) is 14.5. The summed E-state index contributed by atoms with van der Waals surface area (Å²) in [6.07, 6.45) is 4.81. The molecule has 1 aliphatic rings. The van der Waals surface area contributed by atoms with Crippen LogP contribution in [0.1, 0.15) is 44.6 Å². The van der Waals surface area contributed by atoms with E-state index in [0.29, 0.717) is 28.2 Å². The van der Waals surface area contributed by atoms with E-state index in [1.807, 2.05) is 37.3 Å². The van der Waals surface area contributed by atoms with Crippen LogP contribution < -0.4 is 10.1 Å². The zero-order valence-corrected chi connectivity index (χ0v) is 20.0. The Kier molecular flexibility index (Phi) is 8.79. The topological polar surface area (TPSA) is 58.6 Å². The summed E-state index contributed by atoms with van der Waals surface area (Å²) in [6.45, 7) is 2.11. The van der Waals surface area contributed by atoms with Crippen LogP contribution >= 0.6 is 27.5 Å². The van der Waals surface area contributed by atoms with Crippen molar-refractivity contribution in [1.82, 2.24) is 10.2 Å². The number of rotatable bonds is 9. The summed E-state index contributed by atoms with van der Waals surface area (Å²) >= 11 is 9.38. The Morgan fingerprint density at radius 3 is 2.55 bits per heavy atom. The van der Waals surface area contributed by atoms with Gasteiger partial charge in [0.25, 0.3) is 5.91 Å². The molecule has 0 spiro atoms. The standard InChI is InChI=1S/C24H28BrClN2O3/c1-2-21(24(30)27-19-10-6-7-11-19)28(15-17-8-4-3-5-9-17)23(29)16-31-22-13-12-18(26)14-20(22)25/h3-5,8-9,12-14,19,21H,2,6-7,10-11,15-16H2,1H3,(H,27,30)/t21-/m0/s1. The third-order valence-electron chi connectivity index (χ3n) is 5.53. The first-order valence-electron chi connectivity index (χ1n) is 10.7. The Balaban J connectivity index is 1.74. The monoisotopic (exact) mass is 506 g/mol. The molecule has 0 aromatic heterocycles. The Morgan fingerprint density at radius 2 is 1.90 bits per heavy atom. The van der Waals surface area contributed by atoms with E-state index in [0.717, 1.165) is 31.2 Å². The van der Waals surface area contributed by atoms with Crippen molar-refractivity contribution in [2.75, 3.05) is 6.61 Å². The fraction of sp³-hybridized carbons (Fsp3) is 0.417. The van der Waals surface area contributed by atoms with Crippen molar-refractivity contribution < 1.29 is 14.3 Å². The minimum absolute atomic E-state index is 0.0913. The minimum Gasteiger partial charge on any atom is -0.483 e. The van der Waals surface area contributed by atoms with Crippen LogP contribution in [0.4, 0.5) is 0 Å². The average Bonchev–Trinajstić information content (AvgIpc) is 3.26. The maximum Gasteiger partial charge on any atom is 0.261 e. The van der Waals surface area contributed by atoms with Gasteiger partial charge in [0.15, 0.2) is 6.61 Å². The van der Waals surface area contributed by atoms with Gasteiger partial charge in [-0.05, 0) is 59.0 Å². The van der Waals surface area contributed by atoms with Gasteiger partial charge in [-0.3, -0.25) is 9.59 Å². The number of ether oxygens (including phenoxy) is 1. The molecule has 7 heteroatoms. The van der Waals surface area contributed by atoms with E-state index in [1.54, 1.807) is 23.1 Å². The molecular formula is C24H28BrClN2O3. The van der Waals surface area contributed by atoms with Gasteiger partial charge < -0.3 is 15.0 Å². The molecule has 1 saturated carbocycles. The first-order valence-corrected chi connectivity index (χ1v) is 11.9. The summed E-state index contributed by atoms with van der Waals surface area (Å²) in [7, 11) is 0. The molecule has 1 atom stereocenters. The molecule has 5 nitrogen and oxygen atoms in total. The third-order valence-corrected chi connectivity index (χ3v) is 6.38. The highest BCUT2D eigenvalue weighted by Crippen LogP contribution is 2.28.